The van der Waals surface area contributed by atoms with Gasteiger partial charge < -0.3 is 25.7 Å². The molecule has 1 saturated heterocycles. The van der Waals surface area contributed by atoms with Crippen molar-refractivity contribution in [2.75, 3.05) is 13.2 Å². The van der Waals surface area contributed by atoms with Crippen molar-refractivity contribution in [1.82, 2.24) is 20.9 Å². The summed E-state index contributed by atoms with van der Waals surface area (Å²) in [6.45, 7) is 8.96. The highest BCUT2D eigenvalue weighted by molar-refractivity contribution is 6.01. The molecule has 3 rings (SSSR count). The standard InChI is InChI=1S/C26H35N5O4/c1-5-35-22-10-6-9-19-18(22)13-20(30-19)24(33)31-21(14-26(2,3)4)25(34)29-17(15-27)12-16-8-7-11-28-23(16)32/h6,9-10,13,16-17,21,30H,5,7-8,11-12,14H2,1-4H3,(H,28,32)(H,29,34)(H,31,33)/t16-,17-,21-/m0/s1. The van der Waals surface area contributed by atoms with Crippen molar-refractivity contribution in [3.63, 3.8) is 0 Å². The maximum Gasteiger partial charge on any atom is 0.268 e. The van der Waals surface area contributed by atoms with Crippen molar-refractivity contribution in [2.45, 2.75) is 65.5 Å². The number of aromatic nitrogens is 1. The minimum Gasteiger partial charge on any atom is -0.493 e. The number of nitriles is 1. The number of ether oxygens (including phenoxy) is 1. The van der Waals surface area contributed by atoms with Crippen LogP contribution < -0.4 is 20.7 Å². The smallest absolute Gasteiger partial charge is 0.268 e. The summed E-state index contributed by atoms with van der Waals surface area (Å²) in [5.74, 6) is -0.589. The van der Waals surface area contributed by atoms with Gasteiger partial charge in [0.05, 0.1) is 12.7 Å². The molecule has 0 saturated carbocycles. The Morgan fingerprint density at radius 3 is 2.71 bits per heavy atom. The van der Waals surface area contributed by atoms with Gasteiger partial charge >= 0.3 is 0 Å². The number of benzene rings is 1. The molecule has 3 amide bonds. The van der Waals surface area contributed by atoms with Crippen LogP contribution in [0.25, 0.3) is 10.9 Å². The molecule has 0 bridgehead atoms. The largest absolute Gasteiger partial charge is 0.493 e. The summed E-state index contributed by atoms with van der Waals surface area (Å²) in [4.78, 5) is 41.5. The van der Waals surface area contributed by atoms with E-state index in [-0.39, 0.29) is 23.7 Å². The van der Waals surface area contributed by atoms with Crippen molar-refractivity contribution >= 4 is 28.6 Å². The molecule has 1 fully saturated rings. The minimum absolute atomic E-state index is 0.0875. The Kier molecular flexibility index (Phi) is 8.39. The Bertz CT molecular complexity index is 1110. The Morgan fingerprint density at radius 1 is 1.29 bits per heavy atom. The van der Waals surface area contributed by atoms with Crippen LogP contribution in [0.2, 0.25) is 0 Å². The van der Waals surface area contributed by atoms with Gasteiger partial charge in [-0.1, -0.05) is 26.8 Å². The van der Waals surface area contributed by atoms with Crippen molar-refractivity contribution in [3.05, 3.63) is 30.0 Å². The fourth-order valence-electron chi connectivity index (χ4n) is 4.35. The van der Waals surface area contributed by atoms with Crippen LogP contribution in [0.1, 0.15) is 63.9 Å². The van der Waals surface area contributed by atoms with Gasteiger partial charge in [-0.2, -0.15) is 5.26 Å². The summed E-state index contributed by atoms with van der Waals surface area (Å²) in [6, 6.07) is 7.67. The van der Waals surface area contributed by atoms with Gasteiger partial charge in [0.2, 0.25) is 11.8 Å². The molecule has 1 aromatic heterocycles. The van der Waals surface area contributed by atoms with E-state index in [9.17, 15) is 19.6 Å². The minimum atomic E-state index is -0.851. The first-order valence-corrected chi connectivity index (χ1v) is 12.1. The summed E-state index contributed by atoms with van der Waals surface area (Å²) in [5, 5.41) is 18.8. The van der Waals surface area contributed by atoms with Gasteiger partial charge in [0.15, 0.2) is 0 Å². The number of H-pyrrole nitrogens is 1. The second kappa shape index (κ2) is 11.3. The molecule has 2 aromatic rings. The molecule has 0 spiro atoms. The molecule has 4 N–H and O–H groups in total. The average Bonchev–Trinajstić information content (AvgIpc) is 3.24. The van der Waals surface area contributed by atoms with Gasteiger partial charge in [-0.15, -0.1) is 0 Å². The predicted molar refractivity (Wildman–Crippen MR) is 133 cm³/mol. The molecule has 0 radical (unpaired) electrons. The highest BCUT2D eigenvalue weighted by Crippen LogP contribution is 2.27. The van der Waals surface area contributed by atoms with Gasteiger partial charge in [0.1, 0.15) is 23.5 Å². The van der Waals surface area contributed by atoms with Crippen LogP contribution >= 0.6 is 0 Å². The van der Waals surface area contributed by atoms with Gasteiger partial charge in [-0.05, 0) is 56.2 Å². The first kappa shape index (κ1) is 26.1. The third kappa shape index (κ3) is 6.98. The first-order chi connectivity index (χ1) is 16.6. The van der Waals surface area contributed by atoms with Crippen LogP contribution in [-0.2, 0) is 9.59 Å². The molecular weight excluding hydrogens is 446 g/mol. The molecule has 9 nitrogen and oxygen atoms in total. The lowest BCUT2D eigenvalue weighted by Crippen LogP contribution is -2.51. The number of carbonyl (C=O) groups is 3. The summed E-state index contributed by atoms with van der Waals surface area (Å²) in [5.41, 5.74) is 0.811. The number of amides is 3. The second-order valence-electron chi connectivity index (χ2n) is 10.2. The molecule has 3 atom stereocenters. The molecular formula is C26H35N5O4. The SMILES string of the molecule is CCOc1cccc2[nH]c(C(=O)N[C@@H](CC(C)(C)C)C(=O)N[C@H](C#N)C[C@@H]3CCCNC3=O)cc12. The lowest BCUT2D eigenvalue weighted by atomic mass is 9.87. The molecule has 188 valence electrons. The van der Waals surface area contributed by atoms with E-state index in [1.807, 2.05) is 45.9 Å². The summed E-state index contributed by atoms with van der Waals surface area (Å²) in [7, 11) is 0. The Balaban J connectivity index is 1.74. The van der Waals surface area contributed by atoms with Crippen molar-refractivity contribution in [2.24, 2.45) is 11.3 Å². The van der Waals surface area contributed by atoms with Crippen LogP contribution in [0.3, 0.4) is 0 Å². The Labute approximate surface area is 206 Å². The van der Waals surface area contributed by atoms with Gasteiger partial charge in [-0.3, -0.25) is 14.4 Å². The van der Waals surface area contributed by atoms with Gasteiger partial charge in [0, 0.05) is 23.4 Å². The summed E-state index contributed by atoms with van der Waals surface area (Å²) in [6.07, 6.45) is 2.15. The lowest BCUT2D eigenvalue weighted by Gasteiger charge is -2.28. The number of aromatic amines is 1. The topological polar surface area (TPSA) is 136 Å². The Hall–Kier alpha value is -3.54. The molecule has 0 unspecified atom stereocenters. The first-order valence-electron chi connectivity index (χ1n) is 12.1. The van der Waals surface area contributed by atoms with Crippen LogP contribution in [0.15, 0.2) is 24.3 Å². The lowest BCUT2D eigenvalue weighted by molar-refractivity contribution is -0.128. The average molecular weight is 482 g/mol. The fourth-order valence-corrected chi connectivity index (χ4v) is 4.35. The van der Waals surface area contributed by atoms with E-state index in [1.165, 1.54) is 0 Å². The third-order valence-electron chi connectivity index (χ3n) is 6.00. The highest BCUT2D eigenvalue weighted by atomic mass is 16.5. The third-order valence-corrected chi connectivity index (χ3v) is 6.00. The van der Waals surface area contributed by atoms with Crippen LogP contribution in [0.5, 0.6) is 5.75 Å². The zero-order valence-corrected chi connectivity index (χ0v) is 20.9. The maximum atomic E-state index is 13.2. The molecule has 9 heteroatoms. The second-order valence-corrected chi connectivity index (χ2v) is 10.2. The van der Waals surface area contributed by atoms with Crippen molar-refractivity contribution in [1.29, 1.82) is 5.26 Å². The van der Waals surface area contributed by atoms with E-state index in [0.717, 1.165) is 17.3 Å². The van der Waals surface area contributed by atoms with Gasteiger partial charge in [0.25, 0.3) is 5.91 Å². The molecule has 0 aliphatic carbocycles. The van der Waals surface area contributed by atoms with E-state index < -0.39 is 23.9 Å². The van der Waals surface area contributed by atoms with Crippen LogP contribution in [0, 0.1) is 22.7 Å². The van der Waals surface area contributed by atoms with Crippen LogP contribution in [-0.4, -0.2) is 47.9 Å². The van der Waals surface area contributed by atoms with E-state index in [1.54, 1.807) is 6.07 Å². The zero-order valence-electron chi connectivity index (χ0n) is 20.9. The number of hydrogen-bond donors (Lipinski definition) is 4. The molecule has 1 aliphatic heterocycles. The monoisotopic (exact) mass is 481 g/mol. The number of piperidine rings is 1. The Morgan fingerprint density at radius 2 is 2.06 bits per heavy atom. The van der Waals surface area contributed by atoms with Crippen molar-refractivity contribution < 1.29 is 19.1 Å². The maximum absolute atomic E-state index is 13.2. The summed E-state index contributed by atoms with van der Waals surface area (Å²) < 4.78 is 5.65. The summed E-state index contributed by atoms with van der Waals surface area (Å²) >= 11 is 0. The molecule has 1 aromatic carbocycles. The number of carbonyl (C=O) groups excluding carboxylic acids is 3. The predicted octanol–water partition coefficient (Wildman–Crippen LogP) is 3.03. The molecule has 2 heterocycles. The van der Waals surface area contributed by atoms with E-state index >= 15 is 0 Å². The number of fused-ring (bicyclic) bond motifs is 1. The highest BCUT2D eigenvalue weighted by Gasteiger charge is 2.31. The van der Waals surface area contributed by atoms with E-state index in [0.29, 0.717) is 37.4 Å². The van der Waals surface area contributed by atoms with Crippen molar-refractivity contribution in [3.8, 4) is 11.8 Å². The quantitative estimate of drug-likeness (QED) is 0.436. The van der Waals surface area contributed by atoms with E-state index in [2.05, 4.69) is 27.0 Å². The molecule has 1 aliphatic rings. The fraction of sp³-hybridized carbons (Fsp3) is 0.538. The zero-order chi connectivity index (χ0) is 25.6. The number of hydrogen-bond acceptors (Lipinski definition) is 5. The molecule has 35 heavy (non-hydrogen) atoms. The normalized spacial score (nSPS) is 17.7. The number of nitrogens with zero attached hydrogens (tertiary/aromatic N) is 1. The number of nitrogens with one attached hydrogen (secondary N) is 4. The van der Waals surface area contributed by atoms with Crippen LogP contribution in [0.4, 0.5) is 0 Å². The van der Waals surface area contributed by atoms with E-state index in [4.69, 9.17) is 4.74 Å². The van der Waals surface area contributed by atoms with Gasteiger partial charge in [-0.25, -0.2) is 0 Å². The number of rotatable bonds is 9.